The summed E-state index contributed by atoms with van der Waals surface area (Å²) in [4.78, 5) is 24.4. The molecule has 0 bridgehead atoms. The number of rotatable bonds is 6. The number of aromatic nitrogens is 2. The lowest BCUT2D eigenvalue weighted by molar-refractivity contribution is 0.0993. The zero-order valence-corrected chi connectivity index (χ0v) is 23.5. The average Bonchev–Trinajstić information content (AvgIpc) is 2.88. The Kier molecular flexibility index (Phi) is 7.72. The number of halogens is 1. The number of ketones is 1. The van der Waals surface area contributed by atoms with Gasteiger partial charge >= 0.3 is 0 Å². The number of anilines is 1. The number of hydrogen-bond acceptors (Lipinski definition) is 7. The smallest absolute Gasteiger partial charge is 0.211 e. The van der Waals surface area contributed by atoms with Crippen LogP contribution in [0.2, 0.25) is 0 Å². The van der Waals surface area contributed by atoms with Crippen LogP contribution in [0.4, 0.5) is 10.1 Å². The van der Waals surface area contributed by atoms with E-state index < -0.39 is 15.8 Å². The van der Waals surface area contributed by atoms with Crippen LogP contribution in [0.1, 0.15) is 60.5 Å². The van der Waals surface area contributed by atoms with Crippen LogP contribution in [0.15, 0.2) is 42.9 Å². The van der Waals surface area contributed by atoms with Crippen LogP contribution in [0, 0.1) is 11.7 Å². The first-order valence-corrected chi connectivity index (χ1v) is 15.4. The first-order valence-electron chi connectivity index (χ1n) is 13.5. The van der Waals surface area contributed by atoms with E-state index in [4.69, 9.17) is 5.73 Å². The fourth-order valence-corrected chi connectivity index (χ4v) is 7.23. The number of benzene rings is 1. The fraction of sp³-hybridized carbons (Fsp3) is 0.483. The number of carbonyl (C=O) groups excluding carboxylic acids is 1. The Morgan fingerprint density at radius 1 is 1.13 bits per heavy atom. The Bertz CT molecular complexity index is 1490. The van der Waals surface area contributed by atoms with Gasteiger partial charge in [0.1, 0.15) is 5.82 Å². The topological polar surface area (TPSA) is 109 Å². The Morgan fingerprint density at radius 2 is 1.92 bits per heavy atom. The molecule has 2 aromatic heterocycles. The van der Waals surface area contributed by atoms with Crippen molar-refractivity contribution in [2.45, 2.75) is 57.5 Å². The molecule has 3 aromatic rings. The van der Waals surface area contributed by atoms with Crippen LogP contribution in [-0.4, -0.2) is 66.4 Å². The number of piperazine rings is 1. The highest BCUT2D eigenvalue weighted by atomic mass is 32.2. The minimum Gasteiger partial charge on any atom is -0.365 e. The summed E-state index contributed by atoms with van der Waals surface area (Å²) in [6.07, 6.45) is 9.45. The standard InChI is InChI=1S/C29H36FN5O3S/c1-18-10-20(12-22(31)11-18)24-6-7-32-15-21(24)13-28(36)25-4-5-27(30)26-14-23(16-33-29(25)26)35-9-8-34(17-19(35)2)39(3,37)38/h4-7,14-16,18-20,22H,8-13,17,31H2,1-3H3/t18-,19+,20+,22-/m0/s1. The van der Waals surface area contributed by atoms with E-state index >= 15 is 4.39 Å². The van der Waals surface area contributed by atoms with Crippen molar-refractivity contribution in [3.8, 4) is 0 Å². The van der Waals surface area contributed by atoms with E-state index in [1.54, 1.807) is 24.7 Å². The highest BCUT2D eigenvalue weighted by molar-refractivity contribution is 7.88. The zero-order chi connectivity index (χ0) is 27.9. The third kappa shape index (κ3) is 5.83. The van der Waals surface area contributed by atoms with Gasteiger partial charge in [-0.15, -0.1) is 0 Å². The molecule has 2 N–H and O–H groups in total. The van der Waals surface area contributed by atoms with Crippen molar-refractivity contribution in [2.75, 3.05) is 30.8 Å². The number of Topliss-reactive ketones (excluding diaryl/α,β-unsaturated/α-hetero) is 1. The number of fused-ring (bicyclic) bond motifs is 1. The molecule has 0 unspecified atom stereocenters. The van der Waals surface area contributed by atoms with E-state index in [0.717, 1.165) is 30.4 Å². The third-order valence-electron chi connectivity index (χ3n) is 8.18. The summed E-state index contributed by atoms with van der Waals surface area (Å²) >= 11 is 0. The molecule has 1 aliphatic heterocycles. The van der Waals surface area contributed by atoms with Crippen molar-refractivity contribution in [3.05, 3.63) is 65.4 Å². The van der Waals surface area contributed by atoms with Gasteiger partial charge in [0.05, 0.1) is 23.7 Å². The number of sulfonamides is 1. The van der Waals surface area contributed by atoms with E-state index in [9.17, 15) is 13.2 Å². The van der Waals surface area contributed by atoms with Crippen molar-refractivity contribution < 1.29 is 17.6 Å². The average molecular weight is 554 g/mol. The molecular weight excluding hydrogens is 517 g/mol. The highest BCUT2D eigenvalue weighted by Gasteiger charge is 2.30. The van der Waals surface area contributed by atoms with Crippen molar-refractivity contribution in [3.63, 3.8) is 0 Å². The summed E-state index contributed by atoms with van der Waals surface area (Å²) < 4.78 is 40.4. The van der Waals surface area contributed by atoms with Crippen LogP contribution in [0.25, 0.3) is 10.9 Å². The minimum absolute atomic E-state index is 0.111. The first kappa shape index (κ1) is 27.6. The molecule has 5 rings (SSSR count). The Labute approximate surface area is 229 Å². The maximum Gasteiger partial charge on any atom is 0.211 e. The second-order valence-electron chi connectivity index (χ2n) is 11.3. The molecule has 1 aromatic carbocycles. The van der Waals surface area contributed by atoms with Gasteiger partial charge in [0.2, 0.25) is 10.0 Å². The molecule has 10 heteroatoms. The molecule has 4 atom stereocenters. The van der Waals surface area contributed by atoms with E-state index in [0.29, 0.717) is 42.3 Å². The van der Waals surface area contributed by atoms with Crippen molar-refractivity contribution in [1.82, 2.24) is 14.3 Å². The van der Waals surface area contributed by atoms with Crippen LogP contribution >= 0.6 is 0 Å². The fourth-order valence-electron chi connectivity index (χ4n) is 6.33. The molecular formula is C29H36FN5O3S. The van der Waals surface area contributed by atoms with Crippen LogP contribution < -0.4 is 10.6 Å². The van der Waals surface area contributed by atoms with Crippen LogP contribution in [0.3, 0.4) is 0 Å². The largest absolute Gasteiger partial charge is 0.365 e. The van der Waals surface area contributed by atoms with Gasteiger partial charge in [0, 0.05) is 61.5 Å². The molecule has 0 amide bonds. The molecule has 1 saturated carbocycles. The van der Waals surface area contributed by atoms with Crippen molar-refractivity contribution in [1.29, 1.82) is 0 Å². The van der Waals surface area contributed by atoms with Gasteiger partial charge < -0.3 is 10.6 Å². The second-order valence-corrected chi connectivity index (χ2v) is 13.3. The van der Waals surface area contributed by atoms with Gasteiger partial charge in [-0.3, -0.25) is 14.8 Å². The molecule has 1 aliphatic carbocycles. The quantitative estimate of drug-likeness (QED) is 0.461. The molecule has 2 fully saturated rings. The van der Waals surface area contributed by atoms with Gasteiger partial charge in [-0.25, -0.2) is 12.8 Å². The number of nitrogens with zero attached hydrogens (tertiary/aromatic N) is 4. The Balaban J connectivity index is 1.41. The molecule has 3 heterocycles. The molecule has 208 valence electrons. The highest BCUT2D eigenvalue weighted by Crippen LogP contribution is 2.37. The number of nitrogens with two attached hydrogens (primary N) is 1. The van der Waals surface area contributed by atoms with Gasteiger partial charge in [-0.2, -0.15) is 4.31 Å². The summed E-state index contributed by atoms with van der Waals surface area (Å²) in [5.41, 5.74) is 9.70. The van der Waals surface area contributed by atoms with Gasteiger partial charge in [0.25, 0.3) is 0 Å². The predicted octanol–water partition coefficient (Wildman–Crippen LogP) is 3.90. The lowest BCUT2D eigenvalue weighted by Crippen LogP contribution is -2.53. The number of hydrogen-bond donors (Lipinski definition) is 1. The Hall–Kier alpha value is -2.95. The van der Waals surface area contributed by atoms with Crippen LogP contribution in [-0.2, 0) is 16.4 Å². The second kappa shape index (κ2) is 10.9. The third-order valence-corrected chi connectivity index (χ3v) is 9.45. The SMILES string of the molecule is C[C@@H]1C[C@H](N)C[C@H](c2ccncc2CC(=O)c2ccc(F)c3cc(N4CCN(S(C)(=O)=O)C[C@H]4C)cnc23)C1. The normalized spacial score (nSPS) is 24.7. The monoisotopic (exact) mass is 553 g/mol. The molecule has 0 spiro atoms. The lowest BCUT2D eigenvalue weighted by Gasteiger charge is -2.40. The summed E-state index contributed by atoms with van der Waals surface area (Å²) in [7, 11) is -3.28. The lowest BCUT2D eigenvalue weighted by atomic mass is 9.75. The van der Waals surface area contributed by atoms with Gasteiger partial charge in [-0.05, 0) is 73.4 Å². The maximum absolute atomic E-state index is 15.0. The van der Waals surface area contributed by atoms with Crippen molar-refractivity contribution >= 4 is 32.4 Å². The van der Waals surface area contributed by atoms with E-state index in [2.05, 4.69) is 16.9 Å². The van der Waals surface area contributed by atoms with Crippen molar-refractivity contribution in [2.24, 2.45) is 11.7 Å². The molecule has 0 radical (unpaired) electrons. The number of carbonyl (C=O) groups is 1. The molecule has 39 heavy (non-hydrogen) atoms. The maximum atomic E-state index is 15.0. The molecule has 8 nitrogen and oxygen atoms in total. The predicted molar refractivity (Wildman–Crippen MR) is 151 cm³/mol. The van der Waals surface area contributed by atoms with Gasteiger partial charge in [0.15, 0.2) is 5.78 Å². The summed E-state index contributed by atoms with van der Waals surface area (Å²) in [6, 6.07) is 6.57. The first-order chi connectivity index (χ1) is 18.5. The van der Waals surface area contributed by atoms with E-state index in [-0.39, 0.29) is 35.6 Å². The van der Waals surface area contributed by atoms with Crippen LogP contribution in [0.5, 0.6) is 0 Å². The van der Waals surface area contributed by atoms with Gasteiger partial charge in [-0.1, -0.05) is 6.92 Å². The zero-order valence-electron chi connectivity index (χ0n) is 22.7. The van der Waals surface area contributed by atoms with E-state index in [1.165, 1.54) is 22.7 Å². The number of pyridine rings is 2. The van der Waals surface area contributed by atoms with E-state index in [1.807, 2.05) is 17.9 Å². The Morgan fingerprint density at radius 3 is 2.64 bits per heavy atom. The molecule has 2 aliphatic rings. The minimum atomic E-state index is -3.28. The summed E-state index contributed by atoms with van der Waals surface area (Å²) in [5, 5.41) is 0.273. The molecule has 1 saturated heterocycles. The summed E-state index contributed by atoms with van der Waals surface area (Å²) in [6.45, 7) is 5.31. The summed E-state index contributed by atoms with van der Waals surface area (Å²) in [5.74, 6) is 0.209.